The van der Waals surface area contributed by atoms with Gasteiger partial charge >= 0.3 is 0 Å². The van der Waals surface area contributed by atoms with Gasteiger partial charge in [-0.15, -0.1) is 0 Å². The highest BCUT2D eigenvalue weighted by Gasteiger charge is 2.36. The van der Waals surface area contributed by atoms with Crippen molar-refractivity contribution in [3.05, 3.63) is 70.8 Å². The van der Waals surface area contributed by atoms with Crippen LogP contribution >= 0.6 is 11.8 Å². The van der Waals surface area contributed by atoms with Crippen LogP contribution in [0.4, 0.5) is 0 Å². The van der Waals surface area contributed by atoms with E-state index < -0.39 is 11.8 Å². The molecule has 1 N–H and O–H groups in total. The van der Waals surface area contributed by atoms with Gasteiger partial charge in [0.2, 0.25) is 0 Å². The molecule has 0 aromatic heterocycles. The highest BCUT2D eigenvalue weighted by atomic mass is 35.5. The molecule has 0 aliphatic carbocycles. The van der Waals surface area contributed by atoms with Crippen molar-refractivity contribution < 1.29 is 14.4 Å². The molecule has 0 unspecified atom stereocenters. The van der Waals surface area contributed by atoms with Crippen LogP contribution in [0.25, 0.3) is 0 Å². The molecule has 0 saturated carbocycles. The Bertz CT molecular complexity index is 769. The third-order valence-electron chi connectivity index (χ3n) is 3.70. The second-order valence-electron chi connectivity index (χ2n) is 5.18. The molecule has 1 aliphatic heterocycles. The molecule has 23 heavy (non-hydrogen) atoms. The summed E-state index contributed by atoms with van der Waals surface area (Å²) in [5.41, 5.74) is 1.95. The standard InChI is InChI=1S/C17H13ClN2O3/c18-19-9-11-4-3-5-12(8-11)15(21)10-20-16(22)13-6-1-2-7-14(13)17(20)23/h1-8,19H,9-10H2. The number of amides is 2. The van der Waals surface area contributed by atoms with Crippen LogP contribution in [0.2, 0.25) is 0 Å². The number of halogens is 1. The maximum absolute atomic E-state index is 12.4. The van der Waals surface area contributed by atoms with Crippen molar-refractivity contribution in [1.29, 1.82) is 0 Å². The first-order chi connectivity index (χ1) is 11.1. The number of benzene rings is 2. The molecule has 6 heteroatoms. The number of rotatable bonds is 5. The van der Waals surface area contributed by atoms with Crippen molar-refractivity contribution in [1.82, 2.24) is 9.74 Å². The average Bonchev–Trinajstić information content (AvgIpc) is 2.81. The first-order valence-corrected chi connectivity index (χ1v) is 7.40. The molecule has 0 bridgehead atoms. The number of nitrogens with one attached hydrogen (secondary N) is 1. The number of ketones is 1. The van der Waals surface area contributed by atoms with E-state index in [1.807, 2.05) is 6.07 Å². The summed E-state index contributed by atoms with van der Waals surface area (Å²) < 4.78 is 0. The van der Waals surface area contributed by atoms with Gasteiger partial charge in [0.25, 0.3) is 11.8 Å². The summed E-state index contributed by atoms with van der Waals surface area (Å²) >= 11 is 5.46. The molecular weight excluding hydrogens is 316 g/mol. The summed E-state index contributed by atoms with van der Waals surface area (Å²) in [6, 6.07) is 13.5. The second-order valence-corrected chi connectivity index (χ2v) is 5.44. The predicted octanol–water partition coefficient (Wildman–Crippen LogP) is 2.41. The second kappa shape index (κ2) is 6.32. The van der Waals surface area contributed by atoms with Crippen molar-refractivity contribution >= 4 is 29.4 Å². The van der Waals surface area contributed by atoms with Gasteiger partial charge < -0.3 is 0 Å². The topological polar surface area (TPSA) is 66.5 Å². The Kier molecular flexibility index (Phi) is 4.23. The first kappa shape index (κ1) is 15.4. The Morgan fingerprint density at radius 2 is 1.65 bits per heavy atom. The Labute approximate surface area is 138 Å². The molecule has 116 valence electrons. The van der Waals surface area contributed by atoms with Gasteiger partial charge in [-0.3, -0.25) is 19.3 Å². The monoisotopic (exact) mass is 328 g/mol. The fourth-order valence-electron chi connectivity index (χ4n) is 2.55. The summed E-state index contributed by atoms with van der Waals surface area (Å²) in [6.07, 6.45) is 0. The quantitative estimate of drug-likeness (QED) is 0.520. The van der Waals surface area contributed by atoms with Gasteiger partial charge in [-0.25, -0.2) is 4.84 Å². The van der Waals surface area contributed by atoms with Crippen LogP contribution in [0, 0.1) is 0 Å². The van der Waals surface area contributed by atoms with Crippen LogP contribution in [0.1, 0.15) is 36.6 Å². The van der Waals surface area contributed by atoms with Gasteiger partial charge in [0.15, 0.2) is 5.78 Å². The molecule has 3 rings (SSSR count). The van der Waals surface area contributed by atoms with E-state index in [2.05, 4.69) is 4.84 Å². The highest BCUT2D eigenvalue weighted by Crippen LogP contribution is 2.22. The van der Waals surface area contributed by atoms with Gasteiger partial charge in [-0.1, -0.05) is 30.3 Å². The largest absolute Gasteiger partial charge is 0.292 e. The molecule has 0 saturated heterocycles. The Morgan fingerprint density at radius 3 is 2.26 bits per heavy atom. The zero-order valence-electron chi connectivity index (χ0n) is 12.1. The molecule has 0 atom stereocenters. The van der Waals surface area contributed by atoms with Crippen LogP contribution in [0.3, 0.4) is 0 Å². The number of hydrogen-bond donors (Lipinski definition) is 1. The third kappa shape index (κ3) is 2.88. The SMILES string of the molecule is O=C(CN1C(=O)c2ccccc2C1=O)c1cccc(CNCl)c1. The molecule has 2 amide bonds. The summed E-state index contributed by atoms with van der Waals surface area (Å²) in [5, 5.41) is 0. The molecule has 1 heterocycles. The summed E-state index contributed by atoms with van der Waals surface area (Å²) in [7, 11) is 0. The van der Waals surface area contributed by atoms with E-state index in [0.29, 0.717) is 23.2 Å². The van der Waals surface area contributed by atoms with Crippen molar-refractivity contribution in [2.24, 2.45) is 0 Å². The van der Waals surface area contributed by atoms with E-state index in [9.17, 15) is 14.4 Å². The number of fused-ring (bicyclic) bond motifs is 1. The first-order valence-electron chi connectivity index (χ1n) is 7.02. The molecule has 0 fully saturated rings. The van der Waals surface area contributed by atoms with Crippen molar-refractivity contribution in [2.75, 3.05) is 6.54 Å². The average molecular weight is 329 g/mol. The Hall–Kier alpha value is -2.50. The number of imide groups is 1. The van der Waals surface area contributed by atoms with E-state index >= 15 is 0 Å². The Balaban J connectivity index is 1.80. The lowest BCUT2D eigenvalue weighted by molar-refractivity contribution is 0.0624. The maximum Gasteiger partial charge on any atom is 0.261 e. The van der Waals surface area contributed by atoms with Crippen LogP contribution in [0.5, 0.6) is 0 Å². The summed E-state index contributed by atoms with van der Waals surface area (Å²) in [6.45, 7) is 0.139. The minimum atomic E-state index is -0.433. The number of Topliss-reactive ketones (excluding diaryl/α,β-unsaturated/α-hetero) is 1. The number of carbonyl (C=O) groups excluding carboxylic acids is 3. The fourth-order valence-corrected chi connectivity index (χ4v) is 2.70. The zero-order chi connectivity index (χ0) is 16.4. The zero-order valence-corrected chi connectivity index (χ0v) is 12.8. The summed E-state index contributed by atoms with van der Waals surface area (Å²) in [4.78, 5) is 40.4. The van der Waals surface area contributed by atoms with E-state index in [-0.39, 0.29) is 12.3 Å². The minimum Gasteiger partial charge on any atom is -0.292 e. The van der Waals surface area contributed by atoms with Gasteiger partial charge in [0, 0.05) is 12.1 Å². The van der Waals surface area contributed by atoms with Gasteiger partial charge in [-0.2, -0.15) is 0 Å². The molecular formula is C17H13ClN2O3. The maximum atomic E-state index is 12.4. The Morgan fingerprint density at radius 1 is 1.00 bits per heavy atom. The van der Waals surface area contributed by atoms with E-state index in [1.54, 1.807) is 42.5 Å². The summed E-state index contributed by atoms with van der Waals surface area (Å²) in [5.74, 6) is -1.16. The fraction of sp³-hybridized carbons (Fsp3) is 0.118. The van der Waals surface area contributed by atoms with Crippen molar-refractivity contribution in [3.63, 3.8) is 0 Å². The smallest absolute Gasteiger partial charge is 0.261 e. The molecule has 0 spiro atoms. The molecule has 2 aromatic carbocycles. The van der Waals surface area contributed by atoms with Gasteiger partial charge in [-0.05, 0) is 35.5 Å². The van der Waals surface area contributed by atoms with E-state index in [4.69, 9.17) is 11.8 Å². The highest BCUT2D eigenvalue weighted by molar-refractivity contribution is 6.23. The lowest BCUT2D eigenvalue weighted by atomic mass is 10.1. The van der Waals surface area contributed by atoms with Gasteiger partial charge in [0.1, 0.15) is 0 Å². The molecule has 1 aliphatic rings. The lowest BCUT2D eigenvalue weighted by Crippen LogP contribution is -2.34. The lowest BCUT2D eigenvalue weighted by Gasteiger charge is -2.13. The number of hydrogen-bond acceptors (Lipinski definition) is 4. The minimum absolute atomic E-state index is 0.274. The predicted molar refractivity (Wildman–Crippen MR) is 85.3 cm³/mol. The molecule has 0 radical (unpaired) electrons. The van der Waals surface area contributed by atoms with Gasteiger partial charge in [0.05, 0.1) is 17.7 Å². The normalized spacial score (nSPS) is 13.3. The van der Waals surface area contributed by atoms with Crippen LogP contribution in [-0.2, 0) is 6.54 Å². The number of carbonyl (C=O) groups is 3. The van der Waals surface area contributed by atoms with Crippen molar-refractivity contribution in [3.8, 4) is 0 Å². The van der Waals surface area contributed by atoms with E-state index in [1.165, 1.54) is 0 Å². The van der Waals surface area contributed by atoms with Crippen LogP contribution in [0.15, 0.2) is 48.5 Å². The van der Waals surface area contributed by atoms with Crippen LogP contribution < -0.4 is 4.84 Å². The molecule has 2 aromatic rings. The van der Waals surface area contributed by atoms with Crippen molar-refractivity contribution in [2.45, 2.75) is 6.54 Å². The van der Waals surface area contributed by atoms with E-state index in [0.717, 1.165) is 10.5 Å². The van der Waals surface area contributed by atoms with Crippen LogP contribution in [-0.4, -0.2) is 29.0 Å². The molecule has 5 nitrogen and oxygen atoms in total. The number of nitrogens with zero attached hydrogens (tertiary/aromatic N) is 1. The third-order valence-corrected chi connectivity index (χ3v) is 3.83.